The van der Waals surface area contributed by atoms with Gasteiger partial charge in [0.05, 0.1) is 30.9 Å². The summed E-state index contributed by atoms with van der Waals surface area (Å²) in [6, 6.07) is 22.5. The lowest BCUT2D eigenvalue weighted by molar-refractivity contribution is -0.139. The molecule has 39 nitrogen and oxygen atoms in total. The van der Waals surface area contributed by atoms with E-state index in [9.17, 15) is 52.2 Å². The second-order valence-corrected chi connectivity index (χ2v) is 35.8. The number of guanidine groups is 2. The molecule has 0 bridgehead atoms. The Hall–Kier alpha value is -12.3. The van der Waals surface area contributed by atoms with Gasteiger partial charge in [0.15, 0.2) is 11.9 Å². The molecule has 41 heteroatoms. The number of sulfonamides is 1. The number of unbranched alkanes of at least 4 members (excludes halogenated alkanes) is 15. The second kappa shape index (κ2) is 61.5. The maximum atomic E-state index is 16.0. The summed E-state index contributed by atoms with van der Waals surface area (Å²) in [4.78, 5) is 194. The number of hydrogen-bond donors (Lipinski definition) is 21. The lowest BCUT2D eigenvalue weighted by atomic mass is 9.84. The number of carbonyl (C=O) groups is 13. The van der Waals surface area contributed by atoms with Crippen molar-refractivity contribution in [1.82, 2.24) is 83.6 Å². The number of nitrogens with two attached hydrogens (primary N) is 4. The highest BCUT2D eigenvalue weighted by Gasteiger charge is 2.43. The fourth-order valence-electron chi connectivity index (χ4n) is 15.4. The number of aromatic amines is 1. The van der Waals surface area contributed by atoms with Crippen molar-refractivity contribution in [2.45, 2.75) is 248 Å². The first kappa shape index (κ1) is 110. The third-order valence-electron chi connectivity index (χ3n) is 22.4. The number of H-pyrrole nitrogens is 1. The SMILES string of the molecule is CCCCCCCCCCCCCCCCNC(=O)CN(CC(N)=O)C(=O)CCCCCNC(=O)[C@H](Cc1ccccc1)NC(=O)[C@H](CCCNC(=N)N)NC(=O)[C@H](CS/C(=C\S(N)(=O)=O)c1ccccc1)NC(=O)[C@H](CCCNC(=N)N)NC(=O)C[C@@H]1CCCN1C(=O)[C@@H](NC(=O)[C@H](Cc1cnc[nH]1)NC(=O)[C@@H](NC(=O)CNC(=O)CO)[C@@H](C)O)C(c1ccccc1)c1ccccc1. The van der Waals surface area contributed by atoms with Crippen LogP contribution in [0.15, 0.2) is 139 Å². The van der Waals surface area contributed by atoms with Gasteiger partial charge in [-0.25, -0.2) is 18.5 Å². The van der Waals surface area contributed by atoms with Gasteiger partial charge in [0.2, 0.25) is 86.8 Å². The van der Waals surface area contributed by atoms with Gasteiger partial charge in [-0.3, -0.25) is 73.1 Å². The molecule has 1 fully saturated rings. The van der Waals surface area contributed by atoms with Crippen molar-refractivity contribution in [2.24, 2.45) is 22.3 Å². The molecule has 2 heterocycles. The van der Waals surface area contributed by atoms with Crippen LogP contribution in [-0.4, -0.2) is 246 Å². The van der Waals surface area contributed by atoms with Gasteiger partial charge in [-0.05, 0) is 87.0 Å². The Kier molecular flexibility index (Phi) is 50.6. The van der Waals surface area contributed by atoms with E-state index in [2.05, 4.69) is 80.7 Å². The number of hydrogen-bond acceptors (Lipinski definition) is 21. The molecule has 4 aromatic carbocycles. The molecular formula is C93H138N22O17S2. The third-order valence-corrected chi connectivity index (χ3v) is 24.2. The van der Waals surface area contributed by atoms with Crippen molar-refractivity contribution in [3.63, 3.8) is 0 Å². The first-order chi connectivity index (χ1) is 64.3. The predicted octanol–water partition coefficient (Wildman–Crippen LogP) is 2.43. The van der Waals surface area contributed by atoms with E-state index in [0.717, 1.165) is 47.8 Å². The molecule has 0 saturated carbocycles. The number of aromatic nitrogens is 2. The monoisotopic (exact) mass is 1900 g/mol. The van der Waals surface area contributed by atoms with E-state index in [0.29, 0.717) is 60.2 Å². The molecule has 0 radical (unpaired) electrons. The molecule has 5 aromatic rings. The summed E-state index contributed by atoms with van der Waals surface area (Å²) in [7, 11) is -4.41. The van der Waals surface area contributed by atoms with Crippen LogP contribution in [0.1, 0.15) is 208 Å². The molecule has 1 aromatic heterocycles. The molecule has 6 rings (SSSR count). The first-order valence-corrected chi connectivity index (χ1v) is 48.7. The van der Waals surface area contributed by atoms with Gasteiger partial charge in [-0.2, -0.15) is 0 Å². The van der Waals surface area contributed by atoms with Crippen molar-refractivity contribution < 1.29 is 81.0 Å². The number of aliphatic hydroxyl groups excluding tert-OH is 2. The highest BCUT2D eigenvalue weighted by atomic mass is 32.2. The number of nitrogens with zero attached hydrogens (tertiary/aromatic N) is 3. The Morgan fingerprint density at radius 1 is 0.537 bits per heavy atom. The molecule has 9 atom stereocenters. The fraction of sp³-hybridized carbons (Fsp3) is 0.527. The van der Waals surface area contributed by atoms with Crippen LogP contribution in [0.4, 0.5) is 0 Å². The van der Waals surface area contributed by atoms with Gasteiger partial charge >= 0.3 is 0 Å². The zero-order valence-electron chi connectivity index (χ0n) is 76.7. The van der Waals surface area contributed by atoms with Gasteiger partial charge in [0.1, 0.15) is 55.4 Å². The average molecular weight is 1900 g/mol. The zero-order valence-corrected chi connectivity index (χ0v) is 78.3. The van der Waals surface area contributed by atoms with Crippen molar-refractivity contribution in [2.75, 3.05) is 64.7 Å². The number of primary amides is 1. The maximum Gasteiger partial charge on any atom is 0.246 e. The third kappa shape index (κ3) is 43.1. The van der Waals surface area contributed by atoms with Crippen molar-refractivity contribution in [3.8, 4) is 0 Å². The summed E-state index contributed by atoms with van der Waals surface area (Å²) in [5, 5.41) is 74.3. The Labute approximate surface area is 788 Å². The fourth-order valence-corrected chi connectivity index (χ4v) is 17.4. The van der Waals surface area contributed by atoms with Crippen LogP contribution in [0.3, 0.4) is 0 Å². The molecule has 1 saturated heterocycles. The van der Waals surface area contributed by atoms with Crippen LogP contribution in [0, 0.1) is 10.8 Å². The normalized spacial score (nSPS) is 14.3. The minimum atomic E-state index is -4.41. The largest absolute Gasteiger partial charge is 0.391 e. The summed E-state index contributed by atoms with van der Waals surface area (Å²) < 4.78 is 25.8. The van der Waals surface area contributed by atoms with Crippen LogP contribution in [0.5, 0.6) is 0 Å². The number of aliphatic hydroxyl groups is 2. The quantitative estimate of drug-likeness (QED) is 0.0151. The van der Waals surface area contributed by atoms with Crippen LogP contribution in [-0.2, 0) is 85.2 Å². The van der Waals surface area contributed by atoms with Crippen molar-refractivity contribution in [1.29, 1.82) is 10.8 Å². The average Bonchev–Trinajstić information content (AvgIpc) is 1.17. The smallest absolute Gasteiger partial charge is 0.246 e. The minimum Gasteiger partial charge on any atom is -0.391 e. The van der Waals surface area contributed by atoms with E-state index >= 15 is 28.8 Å². The summed E-state index contributed by atoms with van der Waals surface area (Å²) in [6.07, 6.45) is 18.3. The molecule has 734 valence electrons. The summed E-state index contributed by atoms with van der Waals surface area (Å²) in [5.74, 6) is -12.7. The molecule has 134 heavy (non-hydrogen) atoms. The number of amides is 13. The van der Waals surface area contributed by atoms with E-state index in [1.165, 1.54) is 88.6 Å². The first-order valence-electron chi connectivity index (χ1n) is 46.1. The van der Waals surface area contributed by atoms with E-state index in [4.69, 9.17) is 33.2 Å². The summed E-state index contributed by atoms with van der Waals surface area (Å²) in [5.41, 5.74) is 19.3. The topological polar surface area (TPSA) is 628 Å². The Bertz CT molecular complexity index is 4640. The number of nitrogens with one attached hydrogen (secondary N) is 15. The van der Waals surface area contributed by atoms with E-state index < -0.39 is 191 Å². The van der Waals surface area contributed by atoms with E-state index in [1.54, 1.807) is 121 Å². The van der Waals surface area contributed by atoms with Gasteiger partial charge in [-0.1, -0.05) is 218 Å². The molecule has 25 N–H and O–H groups in total. The Morgan fingerprint density at radius 3 is 1.57 bits per heavy atom. The molecule has 0 unspecified atom stereocenters. The van der Waals surface area contributed by atoms with E-state index in [1.807, 2.05) is 0 Å². The van der Waals surface area contributed by atoms with Crippen LogP contribution in [0.2, 0.25) is 0 Å². The molecule has 1 aliphatic rings. The predicted molar refractivity (Wildman–Crippen MR) is 511 cm³/mol. The van der Waals surface area contributed by atoms with Crippen LogP contribution >= 0.6 is 11.8 Å². The standard InChI is InChI=1S/C93H138N22O17S2/c1-3-4-5-6-7-8-9-10-11-12-13-14-15-30-47-101-79(121)58-114(57-76(94)118)81(123)46-29-20-31-48-102-85(124)72(52-64-35-21-16-22-36-64)109-87(126)71(45-33-50-104-93(97)98)108-89(128)74(60-133-75(61-134(99,131)132)65-37-23-17-24-38-65)111-86(125)70(44-32-49-103-92(95)96)107-77(119)54-69-43-34-51-115(69)91(130)84(82(66-39-25-18-26-40-66)67-41-27-19-28-42-67)113-88(127)73(53-68-55-100-62-106-68)110-90(129)83(63(2)117)112-78(120)56-105-80(122)59-116/h16-19,21-28,35-42,55,61-63,69-74,82-84,116-117H,3-15,20,29-34,43-54,56-60H2,1-2H3,(H2,94,118)(H,100,106)(H,101,121)(H,102,124)(H,105,122)(H,107,119)(H,108,128)(H,109,126)(H,110,129)(H,111,125)(H,112,120)(H,113,127)(H4,95,96,103)(H4,97,98,104)(H2,99,131,132)/b75-61-/t63-,69+,70+,71+,72+,73+,74+,83+,84+/m1/s1. The zero-order chi connectivity index (χ0) is 97.6. The van der Waals surface area contributed by atoms with Gasteiger partial charge in [-0.15, -0.1) is 11.8 Å². The van der Waals surface area contributed by atoms with Gasteiger partial charge in [0.25, 0.3) is 0 Å². The molecular weight excluding hydrogens is 1760 g/mol. The molecule has 1 aliphatic heterocycles. The Balaban J connectivity index is 1.23. The van der Waals surface area contributed by atoms with E-state index in [-0.39, 0.29) is 89.0 Å². The number of primary sulfonamides is 1. The van der Waals surface area contributed by atoms with Crippen LogP contribution < -0.4 is 86.1 Å². The number of carbonyl (C=O) groups excluding carboxylic acids is 13. The number of likely N-dealkylation sites (tertiary alicyclic amines) is 1. The van der Waals surface area contributed by atoms with Crippen molar-refractivity contribution >= 4 is 115 Å². The van der Waals surface area contributed by atoms with Gasteiger partial charge < -0.3 is 106 Å². The molecule has 13 amide bonds. The molecule has 0 aliphatic carbocycles. The second-order valence-electron chi connectivity index (χ2n) is 33.4. The lowest BCUT2D eigenvalue weighted by Crippen LogP contribution is -2.61. The number of imidazole rings is 1. The minimum absolute atomic E-state index is 0.00386. The summed E-state index contributed by atoms with van der Waals surface area (Å²) in [6.45, 7) is 1.56. The van der Waals surface area contributed by atoms with Crippen molar-refractivity contribution in [3.05, 3.63) is 167 Å². The number of thioether (sulfide) groups is 1. The number of benzene rings is 4. The van der Waals surface area contributed by atoms with Crippen LogP contribution in [0.25, 0.3) is 4.91 Å². The lowest BCUT2D eigenvalue weighted by Gasteiger charge is -2.35. The van der Waals surface area contributed by atoms with Gasteiger partial charge in [0, 0.05) is 92.9 Å². The highest BCUT2D eigenvalue weighted by Crippen LogP contribution is 2.33. The maximum absolute atomic E-state index is 16.0. The summed E-state index contributed by atoms with van der Waals surface area (Å²) >= 11 is 0.787. The molecule has 0 spiro atoms. The Morgan fingerprint density at radius 2 is 1.03 bits per heavy atom. The highest BCUT2D eigenvalue weighted by molar-refractivity contribution is 8.09. The number of rotatable bonds is 65.